The Hall–Kier alpha value is -2.12. The van der Waals surface area contributed by atoms with E-state index in [4.69, 9.17) is 5.26 Å². The fourth-order valence-electron chi connectivity index (χ4n) is 2.34. The highest BCUT2D eigenvalue weighted by Gasteiger charge is 2.08. The molecule has 2 aromatic rings. The van der Waals surface area contributed by atoms with Crippen LogP contribution in [0, 0.1) is 17.1 Å². The van der Waals surface area contributed by atoms with Crippen LogP contribution in [0.4, 0.5) is 4.39 Å². The van der Waals surface area contributed by atoms with E-state index >= 15 is 0 Å². The normalized spacial score (nSPS) is 12.1. The summed E-state index contributed by atoms with van der Waals surface area (Å²) in [6.45, 7) is 2.77. The molecule has 0 aliphatic rings. The van der Waals surface area contributed by atoms with Crippen LogP contribution in [0.2, 0.25) is 0 Å². The molecule has 1 heterocycles. The van der Waals surface area contributed by atoms with Crippen LogP contribution in [-0.4, -0.2) is 11.6 Å². The third-order valence-corrected chi connectivity index (χ3v) is 3.45. The molecule has 1 atom stereocenters. The van der Waals surface area contributed by atoms with Crippen LogP contribution >= 0.6 is 0 Å². The van der Waals surface area contributed by atoms with Crippen molar-refractivity contribution in [2.24, 2.45) is 0 Å². The molecule has 0 spiro atoms. The van der Waals surface area contributed by atoms with Crippen LogP contribution in [0.15, 0.2) is 36.7 Å². The molecule has 0 aliphatic heterocycles. The monoisotopic (exact) mass is 271 g/mol. The summed E-state index contributed by atoms with van der Waals surface area (Å²) in [6.07, 6.45) is 5.11. The second-order valence-corrected chi connectivity index (χ2v) is 4.79. The zero-order valence-electron chi connectivity index (χ0n) is 11.7. The number of aromatic nitrogens is 1. The molecule has 1 aromatic carbocycles. The standard InChI is InChI=1S/C16H18FN3/c1-3-16(19-2)13-6-7-20(11-13)10-12-4-5-15(17)14(8-12)9-18/h4-8,11,16,19H,3,10H2,1-2H3. The zero-order valence-corrected chi connectivity index (χ0v) is 11.7. The largest absolute Gasteiger partial charge is 0.350 e. The first-order valence-corrected chi connectivity index (χ1v) is 6.69. The highest BCUT2D eigenvalue weighted by Crippen LogP contribution is 2.17. The Balaban J connectivity index is 2.17. The maximum Gasteiger partial charge on any atom is 0.140 e. The summed E-state index contributed by atoms with van der Waals surface area (Å²) < 4.78 is 15.3. The van der Waals surface area contributed by atoms with Crippen LogP contribution in [0.3, 0.4) is 0 Å². The van der Waals surface area contributed by atoms with Crippen LogP contribution in [0.25, 0.3) is 0 Å². The smallest absolute Gasteiger partial charge is 0.140 e. The van der Waals surface area contributed by atoms with E-state index in [0.717, 1.165) is 12.0 Å². The van der Waals surface area contributed by atoms with Gasteiger partial charge in [-0.25, -0.2) is 4.39 Å². The molecule has 3 nitrogen and oxygen atoms in total. The Labute approximate surface area is 118 Å². The Morgan fingerprint density at radius 3 is 2.85 bits per heavy atom. The van der Waals surface area contributed by atoms with Gasteiger partial charge in [-0.05, 0) is 42.8 Å². The molecule has 4 heteroatoms. The molecular formula is C16H18FN3. The van der Waals surface area contributed by atoms with Gasteiger partial charge in [-0.2, -0.15) is 5.26 Å². The van der Waals surface area contributed by atoms with Crippen molar-refractivity contribution in [3.63, 3.8) is 0 Å². The first-order chi connectivity index (χ1) is 9.67. The molecule has 0 bridgehead atoms. The zero-order chi connectivity index (χ0) is 14.5. The molecule has 0 fully saturated rings. The van der Waals surface area contributed by atoms with Crippen molar-refractivity contribution in [1.29, 1.82) is 5.26 Å². The summed E-state index contributed by atoms with van der Waals surface area (Å²) in [6, 6.07) is 8.96. The van der Waals surface area contributed by atoms with Gasteiger partial charge in [-0.1, -0.05) is 13.0 Å². The highest BCUT2D eigenvalue weighted by atomic mass is 19.1. The lowest BCUT2D eigenvalue weighted by Crippen LogP contribution is -2.14. The first-order valence-electron chi connectivity index (χ1n) is 6.69. The van der Waals surface area contributed by atoms with Crippen molar-refractivity contribution in [3.05, 3.63) is 59.2 Å². The molecule has 1 unspecified atom stereocenters. The minimum atomic E-state index is -0.467. The van der Waals surface area contributed by atoms with Crippen molar-refractivity contribution in [2.45, 2.75) is 25.9 Å². The SMILES string of the molecule is CCC(NC)c1ccn(Cc2ccc(F)c(C#N)c2)c1. The summed E-state index contributed by atoms with van der Waals surface area (Å²) in [4.78, 5) is 0. The lowest BCUT2D eigenvalue weighted by Gasteiger charge is -2.11. The quantitative estimate of drug-likeness (QED) is 0.907. The minimum Gasteiger partial charge on any atom is -0.350 e. The maximum absolute atomic E-state index is 13.3. The molecular weight excluding hydrogens is 253 g/mol. The van der Waals surface area contributed by atoms with Crippen molar-refractivity contribution in [3.8, 4) is 6.07 Å². The van der Waals surface area contributed by atoms with Crippen molar-refractivity contribution in [2.75, 3.05) is 7.05 Å². The fourth-order valence-corrected chi connectivity index (χ4v) is 2.34. The highest BCUT2D eigenvalue weighted by molar-refractivity contribution is 5.34. The van der Waals surface area contributed by atoms with E-state index in [-0.39, 0.29) is 5.56 Å². The van der Waals surface area contributed by atoms with E-state index in [0.29, 0.717) is 12.6 Å². The van der Waals surface area contributed by atoms with Crippen molar-refractivity contribution in [1.82, 2.24) is 9.88 Å². The molecule has 0 radical (unpaired) electrons. The molecule has 0 saturated heterocycles. The molecule has 0 saturated carbocycles. The third kappa shape index (κ3) is 3.06. The topological polar surface area (TPSA) is 40.8 Å². The summed E-state index contributed by atoms with van der Waals surface area (Å²) in [7, 11) is 1.95. The Morgan fingerprint density at radius 1 is 1.40 bits per heavy atom. The van der Waals surface area contributed by atoms with E-state index in [9.17, 15) is 4.39 Å². The third-order valence-electron chi connectivity index (χ3n) is 3.45. The molecule has 104 valence electrons. The van der Waals surface area contributed by atoms with Crippen molar-refractivity contribution >= 4 is 0 Å². The number of hydrogen-bond acceptors (Lipinski definition) is 2. The molecule has 1 N–H and O–H groups in total. The lowest BCUT2D eigenvalue weighted by molar-refractivity contribution is 0.575. The molecule has 0 aliphatic carbocycles. The van der Waals surface area contributed by atoms with Gasteiger partial charge in [0.25, 0.3) is 0 Å². The maximum atomic E-state index is 13.3. The molecule has 1 aromatic heterocycles. The van der Waals surface area contributed by atoms with Gasteiger partial charge in [0.15, 0.2) is 0 Å². The van der Waals surface area contributed by atoms with Crippen LogP contribution < -0.4 is 5.32 Å². The van der Waals surface area contributed by atoms with E-state index in [1.54, 1.807) is 12.1 Å². The number of nitrogens with one attached hydrogen (secondary N) is 1. The first kappa shape index (κ1) is 14.3. The van der Waals surface area contributed by atoms with E-state index in [1.807, 2.05) is 23.9 Å². The second kappa shape index (κ2) is 6.36. The number of halogens is 1. The Morgan fingerprint density at radius 2 is 2.20 bits per heavy atom. The number of nitriles is 1. The van der Waals surface area contributed by atoms with Gasteiger partial charge in [0.1, 0.15) is 11.9 Å². The Bertz CT molecular complexity index is 621. The lowest BCUT2D eigenvalue weighted by atomic mass is 10.1. The predicted molar refractivity (Wildman–Crippen MR) is 76.7 cm³/mol. The van der Waals surface area contributed by atoms with Gasteiger partial charge in [-0.3, -0.25) is 0 Å². The van der Waals surface area contributed by atoms with Gasteiger partial charge in [0.2, 0.25) is 0 Å². The molecule has 2 rings (SSSR count). The van der Waals surface area contributed by atoms with Gasteiger partial charge in [0.05, 0.1) is 5.56 Å². The van der Waals surface area contributed by atoms with Crippen molar-refractivity contribution < 1.29 is 4.39 Å². The van der Waals surface area contributed by atoms with Gasteiger partial charge in [-0.15, -0.1) is 0 Å². The average molecular weight is 271 g/mol. The summed E-state index contributed by atoms with van der Waals surface area (Å²) in [5.41, 5.74) is 2.25. The minimum absolute atomic E-state index is 0.0940. The summed E-state index contributed by atoms with van der Waals surface area (Å²) in [5, 5.41) is 12.1. The number of nitrogens with zero attached hydrogens (tertiary/aromatic N) is 2. The van der Waals surface area contributed by atoms with Gasteiger partial charge < -0.3 is 9.88 Å². The van der Waals surface area contributed by atoms with E-state index in [2.05, 4.69) is 24.5 Å². The number of hydrogen-bond donors (Lipinski definition) is 1. The molecule has 0 amide bonds. The van der Waals surface area contributed by atoms with Crippen LogP contribution in [-0.2, 0) is 6.54 Å². The summed E-state index contributed by atoms with van der Waals surface area (Å²) in [5.74, 6) is -0.467. The van der Waals surface area contributed by atoms with Gasteiger partial charge >= 0.3 is 0 Å². The van der Waals surface area contributed by atoms with Gasteiger partial charge in [0, 0.05) is 25.0 Å². The van der Waals surface area contributed by atoms with Crippen LogP contribution in [0.5, 0.6) is 0 Å². The average Bonchev–Trinajstić information content (AvgIpc) is 2.91. The molecule has 20 heavy (non-hydrogen) atoms. The number of rotatable bonds is 5. The summed E-state index contributed by atoms with van der Waals surface area (Å²) >= 11 is 0. The Kier molecular flexibility index (Phi) is 4.54. The van der Waals surface area contributed by atoms with E-state index in [1.165, 1.54) is 11.6 Å². The predicted octanol–water partition coefficient (Wildman–Crippen LogP) is 3.22. The second-order valence-electron chi connectivity index (χ2n) is 4.79. The van der Waals surface area contributed by atoms with Crippen LogP contribution in [0.1, 0.15) is 36.1 Å². The fraction of sp³-hybridized carbons (Fsp3) is 0.312. The number of benzene rings is 1. The van der Waals surface area contributed by atoms with E-state index < -0.39 is 5.82 Å².